The molecule has 2 aliphatic heterocycles. The Balaban J connectivity index is 0.749. The van der Waals surface area contributed by atoms with Crippen molar-refractivity contribution in [2.45, 2.75) is 163 Å². The van der Waals surface area contributed by atoms with E-state index in [4.69, 9.17) is 30.0 Å². The number of thiazole rings is 1. The minimum atomic E-state index is -4.09. The number of carboxylic acids is 1. The summed E-state index contributed by atoms with van der Waals surface area (Å²) in [5.41, 5.74) is 10.0. The van der Waals surface area contributed by atoms with Crippen LogP contribution in [-0.2, 0) is 76.1 Å². The molecule has 30 heteroatoms. The van der Waals surface area contributed by atoms with Crippen LogP contribution in [0, 0.1) is 35.5 Å². The van der Waals surface area contributed by atoms with Crippen molar-refractivity contribution >= 4 is 95.9 Å². The highest BCUT2D eigenvalue weighted by atomic mass is 32.2. The molecule has 3 aromatic heterocycles. The van der Waals surface area contributed by atoms with Crippen molar-refractivity contribution in [2.75, 3.05) is 75.5 Å². The van der Waals surface area contributed by atoms with E-state index in [2.05, 4.69) is 47.0 Å². The molecule has 2 fully saturated rings. The predicted molar refractivity (Wildman–Crippen MR) is 407 cm³/mol. The van der Waals surface area contributed by atoms with Crippen molar-refractivity contribution in [1.29, 1.82) is 0 Å². The Morgan fingerprint density at radius 1 is 0.843 bits per heavy atom. The monoisotopic (exact) mass is 1520 g/mol. The zero-order valence-corrected chi connectivity index (χ0v) is 64.1. The molecule has 2 bridgehead atoms. The minimum absolute atomic E-state index is 0.00606. The quantitative estimate of drug-likeness (QED) is 0.0108. The number of aromatic nitrogens is 4. The predicted octanol–water partition coefficient (Wildman–Crippen LogP) is 9.64. The summed E-state index contributed by atoms with van der Waals surface area (Å²) in [5.74, 6) is -3.19. The van der Waals surface area contributed by atoms with Gasteiger partial charge >= 0.3 is 18.1 Å². The first-order chi connectivity index (χ1) is 51.3. The van der Waals surface area contributed by atoms with Crippen molar-refractivity contribution in [3.05, 3.63) is 130 Å². The Hall–Kier alpha value is -9.49. The number of nitrogens with two attached hydrogens (primary N) is 1. The number of imide groups is 1. The van der Waals surface area contributed by atoms with Gasteiger partial charge in [-0.05, 0) is 154 Å². The van der Waals surface area contributed by atoms with Crippen molar-refractivity contribution < 1.29 is 75.4 Å². The van der Waals surface area contributed by atoms with Gasteiger partial charge in [0.1, 0.15) is 30.6 Å². The van der Waals surface area contributed by atoms with Crippen molar-refractivity contribution in [2.24, 2.45) is 34.3 Å². The maximum Gasteiger partial charge on any atom is 0.407 e. The fraction of sp³-hybridized carbons (Fsp3) is 0.513. The van der Waals surface area contributed by atoms with Crippen LogP contribution in [-0.4, -0.2) is 178 Å². The molecule has 0 saturated heterocycles. The zero-order valence-electron chi connectivity index (χ0n) is 62.5. The summed E-state index contributed by atoms with van der Waals surface area (Å²) in [5, 5.41) is 27.3. The molecule has 4 unspecified atom stereocenters. The second-order valence-electron chi connectivity index (χ2n) is 30.5. The fourth-order valence-electron chi connectivity index (χ4n) is 16.3. The minimum Gasteiger partial charge on any atom is -0.491 e. The number of Topliss-reactive ketones (excluding diaryl/α,β-unsaturated/α-hetero) is 2. The second-order valence-corrected chi connectivity index (χ2v) is 33.1. The van der Waals surface area contributed by atoms with Crippen molar-refractivity contribution in [3.8, 4) is 16.9 Å². The number of aromatic carboxylic acids is 1. The van der Waals surface area contributed by atoms with Gasteiger partial charge in [-0.1, -0.05) is 88.8 Å². The summed E-state index contributed by atoms with van der Waals surface area (Å²) in [6.07, 6.45) is 10.7. The normalized spacial score (nSPS) is 19.6. The number of amides is 7. The lowest BCUT2D eigenvalue weighted by molar-refractivity contribution is -0.179. The van der Waals surface area contributed by atoms with Crippen LogP contribution in [0.15, 0.2) is 91.1 Å². The van der Waals surface area contributed by atoms with E-state index in [9.17, 15) is 61.2 Å². The molecule has 0 radical (unpaired) electrons. The molecule has 5 heterocycles. The molecule has 580 valence electrons. The first-order valence-electron chi connectivity index (χ1n) is 37.0. The molecule has 7 amide bonds. The number of carbonyl (C=O) groups is 9. The number of benzene rings is 3. The van der Waals surface area contributed by atoms with E-state index in [0.717, 1.165) is 58.5 Å². The summed E-state index contributed by atoms with van der Waals surface area (Å²) >= 11 is 1.34. The number of para-hydroxylation sites is 1. The Labute approximate surface area is 633 Å². The summed E-state index contributed by atoms with van der Waals surface area (Å²) in [7, 11) is -2.28. The van der Waals surface area contributed by atoms with E-state index in [-0.39, 0.29) is 123 Å². The zero-order chi connectivity index (χ0) is 77.7. The number of likely N-dealkylation sites (N-methyl/N-ethyl adjacent to an activating group) is 1. The molecule has 6 aromatic rings. The van der Waals surface area contributed by atoms with Gasteiger partial charge in [-0.2, -0.15) is 13.5 Å². The molecular weight excluding hydrogens is 1430 g/mol. The van der Waals surface area contributed by atoms with Gasteiger partial charge in [0.15, 0.2) is 16.6 Å². The summed E-state index contributed by atoms with van der Waals surface area (Å²) in [6.45, 7) is 15.1. The second kappa shape index (κ2) is 35.7. The van der Waals surface area contributed by atoms with Crippen LogP contribution in [0.3, 0.4) is 0 Å². The topological polar surface area (TPSA) is 383 Å². The number of unbranched alkanes of at least 4 members (excludes halogenated alkanes) is 2. The number of ether oxygens (including phenoxy) is 3. The Bertz CT molecular complexity index is 4420. The van der Waals surface area contributed by atoms with Crippen LogP contribution in [0.25, 0.3) is 21.3 Å². The van der Waals surface area contributed by atoms with Gasteiger partial charge in [0, 0.05) is 111 Å². The van der Waals surface area contributed by atoms with Crippen LogP contribution in [0.1, 0.15) is 160 Å². The molecule has 4 aliphatic rings. The highest BCUT2D eigenvalue weighted by molar-refractivity contribution is 7.85. The number of hydrogen-bond acceptors (Lipinski definition) is 20. The average Bonchev–Trinajstić information content (AvgIpc) is 0.816. The number of urea groups is 1. The largest absolute Gasteiger partial charge is 0.491 e. The molecule has 10 rings (SSSR count). The van der Waals surface area contributed by atoms with Gasteiger partial charge in [-0.25, -0.2) is 24.4 Å². The average molecular weight is 1530 g/mol. The van der Waals surface area contributed by atoms with Crippen LogP contribution >= 0.6 is 11.3 Å². The van der Waals surface area contributed by atoms with E-state index < -0.39 is 57.6 Å². The SMILES string of the molecule is Cc1c(-c2ccc(N3CCc4c(OCCNC(=O)OCc5ccc(CC(=O)[C@H](CCCNC(N)=O)NC(=O)[C@@H](CC(=O)CCCCCN6C(=O)C=CC6=O)C(C)C)cc5)ccc(C(=O)Nc5nc6ccccc6s5)c4C3)nc2C(=O)O)cnn1CC1(C)CC2(C)CC(C)CC(OCCN(C)CCS(=O)(=O)O)(C2)C1. The van der Waals surface area contributed by atoms with E-state index in [1.54, 1.807) is 54.7 Å². The highest BCUT2D eigenvalue weighted by Gasteiger charge is 2.56. The van der Waals surface area contributed by atoms with Crippen LogP contribution in [0.2, 0.25) is 0 Å². The maximum atomic E-state index is 14.4. The fourth-order valence-corrected chi connectivity index (χ4v) is 17.7. The lowest BCUT2D eigenvalue weighted by Crippen LogP contribution is -2.55. The van der Waals surface area contributed by atoms with E-state index >= 15 is 0 Å². The van der Waals surface area contributed by atoms with Crippen LogP contribution in [0.4, 0.5) is 20.5 Å². The number of anilines is 2. The Morgan fingerprint density at radius 3 is 2.31 bits per heavy atom. The molecule has 6 atom stereocenters. The number of hydrogen-bond donors (Lipinski definition) is 7. The van der Waals surface area contributed by atoms with Gasteiger partial charge in [0.05, 0.1) is 47.0 Å². The Morgan fingerprint density at radius 2 is 1.59 bits per heavy atom. The van der Waals surface area contributed by atoms with Crippen molar-refractivity contribution in [3.63, 3.8) is 0 Å². The van der Waals surface area contributed by atoms with Crippen molar-refractivity contribution in [1.82, 2.24) is 45.5 Å². The highest BCUT2D eigenvalue weighted by Crippen LogP contribution is 2.60. The maximum absolute atomic E-state index is 14.4. The first-order valence-corrected chi connectivity index (χ1v) is 39.4. The summed E-state index contributed by atoms with van der Waals surface area (Å²) in [6, 6.07) is 19.7. The molecular formula is C78H100N12O16S2. The number of nitrogens with zero attached hydrogens (tertiary/aromatic N) is 7. The standard InChI is InChI=1S/C78H100N12O16S2/c1-49(2)58(39-54(91)14-9-8-12-31-89-67(93)26-27-68(89)94)71(96)83-61(16-13-29-80-73(79)99)63(92)38-52-18-20-53(21-19-52)44-105-75(100)81-30-35-104-64-24-22-57(70(95)86-74-84-62-15-10-11-17-65(62)107-74)60-43-88(32-28-55(60)64)66-25-23-56(69(85-66)72(97)98)59-42-82-90(51(59)4)48-77(6)45-76(5)40-50(3)41-78(46-76,47-77)106-36-33-87(7)34-37-108(101,102)103/h10-11,15,17-27,42,49-50,58,61H,8-9,12-14,16,28-41,43-48H2,1-7H3,(H,81,100)(H,83,96)(H,97,98)(H3,79,80,99)(H,84,86,95)(H,101,102,103)/t50?,58-,61-,76?,77?,78?/m0/s1. The molecule has 0 spiro atoms. The molecule has 3 aromatic carbocycles. The molecule has 108 heavy (non-hydrogen) atoms. The lowest BCUT2D eigenvalue weighted by Gasteiger charge is -2.58. The van der Waals surface area contributed by atoms with Gasteiger partial charge in [-0.15, -0.1) is 0 Å². The van der Waals surface area contributed by atoms with Crippen LogP contribution in [0.5, 0.6) is 5.75 Å². The van der Waals surface area contributed by atoms with Gasteiger partial charge in [-0.3, -0.25) is 48.2 Å². The van der Waals surface area contributed by atoms with E-state index in [1.165, 1.54) is 23.5 Å². The first kappa shape index (κ1) is 81.0. The van der Waals surface area contributed by atoms with Gasteiger partial charge in [0.2, 0.25) is 5.91 Å². The molecule has 2 aliphatic carbocycles. The summed E-state index contributed by atoms with van der Waals surface area (Å²) in [4.78, 5) is 131. The smallest absolute Gasteiger partial charge is 0.407 e. The third-order valence-electron chi connectivity index (χ3n) is 20.9. The molecule has 28 nitrogen and oxygen atoms in total. The number of rotatable bonds is 38. The van der Waals surface area contributed by atoms with E-state index in [1.807, 2.05) is 66.6 Å². The number of fused-ring (bicyclic) bond motifs is 4. The number of alkyl carbamates (subject to hydrolysis) is 1. The van der Waals surface area contributed by atoms with Gasteiger partial charge in [0.25, 0.3) is 27.8 Å². The summed E-state index contributed by atoms with van der Waals surface area (Å²) < 4.78 is 53.8. The van der Waals surface area contributed by atoms with Crippen LogP contribution < -0.4 is 36.6 Å². The number of nitrogens with one attached hydrogen (secondary N) is 4. The van der Waals surface area contributed by atoms with Gasteiger partial charge < -0.3 is 50.8 Å². The number of carboxylic acid groups (broad SMARTS) is 1. The number of carbonyl (C=O) groups excluding carboxylic acids is 8. The molecule has 2 saturated carbocycles. The third-order valence-corrected chi connectivity index (χ3v) is 22.5. The lowest BCUT2D eigenvalue weighted by atomic mass is 9.51. The number of pyridine rings is 1. The van der Waals surface area contributed by atoms with E-state index in [0.29, 0.717) is 114 Å². The number of ketones is 2. The number of primary amides is 1. The third kappa shape index (κ3) is 21.7. The Kier molecular flexibility index (Phi) is 26.8. The molecule has 8 N–H and O–H groups in total.